The number of aryl methyl sites for hydroxylation is 2. The van der Waals surface area contributed by atoms with Gasteiger partial charge in [-0.1, -0.05) is 18.2 Å². The van der Waals surface area contributed by atoms with Crippen molar-refractivity contribution in [1.82, 2.24) is 9.97 Å². The van der Waals surface area contributed by atoms with Crippen molar-refractivity contribution in [3.05, 3.63) is 47.1 Å². The summed E-state index contributed by atoms with van der Waals surface area (Å²) >= 11 is 1.50. The van der Waals surface area contributed by atoms with E-state index in [1.807, 2.05) is 11.4 Å². The first-order chi connectivity index (χ1) is 8.33. The molecular formula is C13H13N3S. The number of rotatable bonds is 3. The fraction of sp³-hybridized carbons (Fsp3) is 0.154. The van der Waals surface area contributed by atoms with E-state index in [9.17, 15) is 0 Å². The molecule has 4 heteroatoms. The number of hydrogen-bond acceptors (Lipinski definition) is 3. The minimum absolute atomic E-state index is 0.652. The molecule has 2 aromatic heterocycles. The third kappa shape index (κ3) is 2.03. The maximum absolute atomic E-state index is 5.62. The van der Waals surface area contributed by atoms with Crippen LogP contribution in [0.3, 0.4) is 0 Å². The number of aromatic amines is 1. The number of H-pyrrole nitrogens is 1. The zero-order valence-electron chi connectivity index (χ0n) is 9.31. The van der Waals surface area contributed by atoms with Crippen LogP contribution in [0, 0.1) is 0 Å². The van der Waals surface area contributed by atoms with E-state index in [0.717, 1.165) is 18.5 Å². The summed E-state index contributed by atoms with van der Waals surface area (Å²) in [5, 5.41) is 3.99. The van der Waals surface area contributed by atoms with Gasteiger partial charge in [0.05, 0.1) is 5.69 Å². The summed E-state index contributed by atoms with van der Waals surface area (Å²) in [6.45, 7) is 0. The van der Waals surface area contributed by atoms with Crippen molar-refractivity contribution in [1.29, 1.82) is 0 Å². The summed E-state index contributed by atoms with van der Waals surface area (Å²) in [7, 11) is 0. The molecule has 0 saturated heterocycles. The second-order valence-electron chi connectivity index (χ2n) is 4.04. The molecule has 86 valence electrons. The Morgan fingerprint density at radius 2 is 2.12 bits per heavy atom. The van der Waals surface area contributed by atoms with Gasteiger partial charge in [-0.15, -0.1) is 11.3 Å². The molecule has 0 saturated carbocycles. The largest absolute Gasteiger partial charge is 0.375 e. The molecule has 0 aliphatic heterocycles. The van der Waals surface area contributed by atoms with Crippen molar-refractivity contribution in [3.63, 3.8) is 0 Å². The standard InChI is InChI=1S/C13H13N3S/c14-13-16-10(8-17-13)6-5-9-7-15-12-4-2-1-3-11(9)12/h1-4,7-8,15H,5-6H2,(H2,14,16). The predicted molar refractivity (Wildman–Crippen MR) is 72.2 cm³/mol. The summed E-state index contributed by atoms with van der Waals surface area (Å²) in [5.41, 5.74) is 9.24. The van der Waals surface area contributed by atoms with Crippen LogP contribution in [-0.4, -0.2) is 9.97 Å². The first-order valence-corrected chi connectivity index (χ1v) is 6.46. The number of thiazole rings is 1. The minimum Gasteiger partial charge on any atom is -0.375 e. The predicted octanol–water partition coefficient (Wildman–Crippen LogP) is 2.99. The molecule has 3 rings (SSSR count). The maximum atomic E-state index is 5.62. The Hall–Kier alpha value is -1.81. The van der Waals surface area contributed by atoms with E-state index in [0.29, 0.717) is 5.13 Å². The average Bonchev–Trinajstić information content (AvgIpc) is 2.93. The summed E-state index contributed by atoms with van der Waals surface area (Å²) in [5.74, 6) is 0. The van der Waals surface area contributed by atoms with E-state index >= 15 is 0 Å². The van der Waals surface area contributed by atoms with Gasteiger partial charge in [0, 0.05) is 22.5 Å². The quantitative estimate of drug-likeness (QED) is 0.743. The molecule has 0 bridgehead atoms. The Morgan fingerprint density at radius 1 is 1.24 bits per heavy atom. The Labute approximate surface area is 103 Å². The molecule has 0 spiro atoms. The van der Waals surface area contributed by atoms with Gasteiger partial charge < -0.3 is 10.7 Å². The molecule has 0 radical (unpaired) electrons. The molecule has 0 aliphatic carbocycles. The van der Waals surface area contributed by atoms with E-state index in [1.54, 1.807) is 0 Å². The zero-order valence-corrected chi connectivity index (χ0v) is 10.1. The number of benzene rings is 1. The number of aromatic nitrogens is 2. The van der Waals surface area contributed by atoms with Gasteiger partial charge in [-0.3, -0.25) is 0 Å². The van der Waals surface area contributed by atoms with E-state index in [1.165, 1.54) is 27.8 Å². The van der Waals surface area contributed by atoms with Gasteiger partial charge in [0.15, 0.2) is 5.13 Å². The molecule has 0 amide bonds. The van der Waals surface area contributed by atoms with Crippen LogP contribution < -0.4 is 5.73 Å². The van der Waals surface area contributed by atoms with E-state index in [-0.39, 0.29) is 0 Å². The van der Waals surface area contributed by atoms with Gasteiger partial charge in [-0.2, -0.15) is 0 Å². The Bertz CT molecular complexity index is 639. The molecule has 3 aromatic rings. The van der Waals surface area contributed by atoms with Crippen LogP contribution in [-0.2, 0) is 12.8 Å². The van der Waals surface area contributed by atoms with Crippen LogP contribution in [0.5, 0.6) is 0 Å². The summed E-state index contributed by atoms with van der Waals surface area (Å²) in [6, 6.07) is 8.36. The van der Waals surface area contributed by atoms with Crippen LogP contribution in [0.25, 0.3) is 10.9 Å². The first-order valence-electron chi connectivity index (χ1n) is 5.58. The van der Waals surface area contributed by atoms with Crippen LogP contribution in [0.4, 0.5) is 5.13 Å². The molecule has 17 heavy (non-hydrogen) atoms. The normalized spacial score (nSPS) is 11.1. The van der Waals surface area contributed by atoms with Crippen molar-refractivity contribution in [2.24, 2.45) is 0 Å². The zero-order chi connectivity index (χ0) is 11.7. The smallest absolute Gasteiger partial charge is 0.180 e. The SMILES string of the molecule is Nc1nc(CCc2c[nH]c3ccccc23)cs1. The number of anilines is 1. The lowest BCUT2D eigenvalue weighted by Gasteiger charge is -1.97. The van der Waals surface area contributed by atoms with Crippen LogP contribution in [0.1, 0.15) is 11.3 Å². The average molecular weight is 243 g/mol. The van der Waals surface area contributed by atoms with Gasteiger partial charge in [0.25, 0.3) is 0 Å². The second-order valence-corrected chi connectivity index (χ2v) is 4.93. The van der Waals surface area contributed by atoms with Gasteiger partial charge in [-0.05, 0) is 24.5 Å². The van der Waals surface area contributed by atoms with Gasteiger partial charge in [0.2, 0.25) is 0 Å². The number of fused-ring (bicyclic) bond motifs is 1. The molecule has 2 heterocycles. The van der Waals surface area contributed by atoms with Crippen molar-refractivity contribution in [3.8, 4) is 0 Å². The van der Waals surface area contributed by atoms with Gasteiger partial charge in [-0.25, -0.2) is 4.98 Å². The minimum atomic E-state index is 0.652. The number of para-hydroxylation sites is 1. The third-order valence-electron chi connectivity index (χ3n) is 2.89. The van der Waals surface area contributed by atoms with Gasteiger partial charge >= 0.3 is 0 Å². The highest BCUT2D eigenvalue weighted by Crippen LogP contribution is 2.20. The molecule has 0 fully saturated rings. The van der Waals surface area contributed by atoms with Crippen LogP contribution >= 0.6 is 11.3 Å². The van der Waals surface area contributed by atoms with Crippen molar-refractivity contribution >= 4 is 27.4 Å². The summed E-state index contributed by atoms with van der Waals surface area (Å²) in [6.07, 6.45) is 4.02. The molecule has 0 aliphatic rings. The maximum Gasteiger partial charge on any atom is 0.180 e. The van der Waals surface area contributed by atoms with Crippen molar-refractivity contribution in [2.45, 2.75) is 12.8 Å². The Balaban J connectivity index is 1.81. The Morgan fingerprint density at radius 3 is 2.94 bits per heavy atom. The van der Waals surface area contributed by atoms with Crippen LogP contribution in [0.15, 0.2) is 35.8 Å². The lowest BCUT2D eigenvalue weighted by Crippen LogP contribution is -1.91. The fourth-order valence-electron chi connectivity index (χ4n) is 2.04. The first kappa shape index (κ1) is 10.4. The van der Waals surface area contributed by atoms with E-state index < -0.39 is 0 Å². The number of nitrogens with zero attached hydrogens (tertiary/aromatic N) is 1. The molecule has 3 nitrogen and oxygen atoms in total. The highest BCUT2D eigenvalue weighted by atomic mass is 32.1. The monoisotopic (exact) mass is 243 g/mol. The van der Waals surface area contributed by atoms with E-state index in [2.05, 4.69) is 34.4 Å². The molecule has 0 unspecified atom stereocenters. The number of nitrogens with two attached hydrogens (primary N) is 1. The highest BCUT2D eigenvalue weighted by Gasteiger charge is 2.04. The summed E-state index contributed by atoms with van der Waals surface area (Å²) < 4.78 is 0. The number of nitrogens with one attached hydrogen (secondary N) is 1. The van der Waals surface area contributed by atoms with E-state index in [4.69, 9.17) is 5.73 Å². The molecule has 3 N–H and O–H groups in total. The highest BCUT2D eigenvalue weighted by molar-refractivity contribution is 7.13. The molecule has 0 atom stereocenters. The number of nitrogen functional groups attached to an aromatic ring is 1. The van der Waals surface area contributed by atoms with Gasteiger partial charge in [0.1, 0.15) is 0 Å². The Kier molecular flexibility index (Phi) is 2.57. The summed E-state index contributed by atoms with van der Waals surface area (Å²) in [4.78, 5) is 7.56. The number of hydrogen-bond donors (Lipinski definition) is 2. The molecule has 1 aromatic carbocycles. The van der Waals surface area contributed by atoms with Crippen LogP contribution in [0.2, 0.25) is 0 Å². The lowest BCUT2D eigenvalue weighted by atomic mass is 10.1. The molecular weight excluding hydrogens is 230 g/mol. The van der Waals surface area contributed by atoms with Crippen molar-refractivity contribution in [2.75, 3.05) is 5.73 Å². The topological polar surface area (TPSA) is 54.7 Å². The lowest BCUT2D eigenvalue weighted by molar-refractivity contribution is 0.934. The third-order valence-corrected chi connectivity index (χ3v) is 3.62. The fourth-order valence-corrected chi connectivity index (χ4v) is 2.64. The second kappa shape index (κ2) is 4.22. The van der Waals surface area contributed by atoms with Crippen molar-refractivity contribution < 1.29 is 0 Å².